The zero-order valence-electron chi connectivity index (χ0n) is 12.8. The maximum absolute atomic E-state index is 12.2. The monoisotopic (exact) mass is 303 g/mol. The summed E-state index contributed by atoms with van der Waals surface area (Å²) in [7, 11) is 0. The molecule has 0 aromatic carbocycles. The molecule has 0 spiro atoms. The van der Waals surface area contributed by atoms with Crippen molar-refractivity contribution in [1.29, 1.82) is 0 Å². The lowest BCUT2D eigenvalue weighted by Gasteiger charge is -2.21. The van der Waals surface area contributed by atoms with Crippen molar-refractivity contribution in [3.63, 3.8) is 0 Å². The van der Waals surface area contributed by atoms with Gasteiger partial charge in [-0.1, -0.05) is 13.8 Å². The van der Waals surface area contributed by atoms with Gasteiger partial charge in [-0.3, -0.25) is 9.59 Å². The maximum Gasteiger partial charge on any atom is 0.338 e. The number of hydrogen-bond donors (Lipinski definition) is 2. The molecule has 1 aliphatic rings. The van der Waals surface area contributed by atoms with E-state index in [1.807, 2.05) is 13.8 Å². The normalized spacial score (nSPS) is 20.8. The van der Waals surface area contributed by atoms with Gasteiger partial charge in [0.05, 0.1) is 5.56 Å². The van der Waals surface area contributed by atoms with Crippen LogP contribution in [0.5, 0.6) is 0 Å². The Labute approximate surface area is 127 Å². The Balaban J connectivity index is 2.63. The molecule has 0 aliphatic carbocycles. The van der Waals surface area contributed by atoms with Gasteiger partial charge in [-0.2, -0.15) is 0 Å². The van der Waals surface area contributed by atoms with Crippen LogP contribution < -0.4 is 5.32 Å². The average molecular weight is 303 g/mol. The van der Waals surface area contributed by atoms with Crippen molar-refractivity contribution in [3.05, 3.63) is 28.6 Å². The first-order valence-corrected chi connectivity index (χ1v) is 6.82. The van der Waals surface area contributed by atoms with E-state index in [0.717, 1.165) is 0 Å². The summed E-state index contributed by atoms with van der Waals surface area (Å²) in [5, 5.41) is 11.9. The second-order valence-corrected chi connectivity index (χ2v) is 5.70. The van der Waals surface area contributed by atoms with E-state index in [2.05, 4.69) is 15.3 Å². The van der Waals surface area contributed by atoms with E-state index >= 15 is 0 Å². The summed E-state index contributed by atoms with van der Waals surface area (Å²) in [5.41, 5.74) is -0.500. The summed E-state index contributed by atoms with van der Waals surface area (Å²) in [6, 6.07) is 1.24. The second-order valence-electron chi connectivity index (χ2n) is 5.70. The molecule has 2 rings (SSSR count). The van der Waals surface area contributed by atoms with Crippen LogP contribution in [-0.2, 0) is 4.79 Å². The van der Waals surface area contributed by atoms with Gasteiger partial charge < -0.3 is 10.4 Å². The topological polar surface area (TPSA) is 109 Å². The van der Waals surface area contributed by atoms with Crippen molar-refractivity contribution < 1.29 is 19.5 Å². The van der Waals surface area contributed by atoms with Crippen LogP contribution in [0.15, 0.2) is 11.1 Å². The molecule has 1 aromatic heterocycles. The number of carboxylic acid groups (broad SMARTS) is 1. The number of pyridine rings is 1. The predicted molar refractivity (Wildman–Crippen MR) is 79.2 cm³/mol. The Morgan fingerprint density at radius 1 is 1.45 bits per heavy atom. The van der Waals surface area contributed by atoms with E-state index in [0.29, 0.717) is 12.0 Å². The number of aryl methyl sites for hydroxylation is 1. The van der Waals surface area contributed by atoms with E-state index < -0.39 is 11.5 Å². The number of hydrogen-bond acceptors (Lipinski definition) is 5. The fourth-order valence-electron chi connectivity index (χ4n) is 2.13. The zero-order valence-corrected chi connectivity index (χ0v) is 12.8. The molecule has 2 N–H and O–H groups in total. The quantitative estimate of drug-likeness (QED) is 0.812. The molecule has 0 bridgehead atoms. The highest BCUT2D eigenvalue weighted by atomic mass is 16.4. The van der Waals surface area contributed by atoms with Crippen molar-refractivity contribution in [1.82, 2.24) is 10.3 Å². The van der Waals surface area contributed by atoms with Gasteiger partial charge in [-0.15, -0.1) is 0 Å². The van der Waals surface area contributed by atoms with Crippen LogP contribution in [0.3, 0.4) is 0 Å². The first-order chi connectivity index (χ1) is 10.2. The number of aldehydes is 1. The number of amides is 1. The minimum Gasteiger partial charge on any atom is -0.478 e. The highest BCUT2D eigenvalue weighted by Gasteiger charge is 2.43. The molecule has 0 saturated carbocycles. The van der Waals surface area contributed by atoms with Crippen LogP contribution in [0.4, 0.5) is 0 Å². The summed E-state index contributed by atoms with van der Waals surface area (Å²) in [5.74, 6) is -1.47. The van der Waals surface area contributed by atoms with Gasteiger partial charge in [0.2, 0.25) is 0 Å². The highest BCUT2D eigenvalue weighted by Crippen LogP contribution is 2.27. The number of carboxylic acids is 1. The molecule has 0 fully saturated rings. The zero-order chi connectivity index (χ0) is 16.7. The first kappa shape index (κ1) is 15.8. The molecule has 1 amide bonds. The van der Waals surface area contributed by atoms with E-state index in [1.54, 1.807) is 13.8 Å². The van der Waals surface area contributed by atoms with Crippen molar-refractivity contribution in [2.45, 2.75) is 33.2 Å². The standard InChI is InChI=1S/C15H17N3O4/c1-7(2)15(4)14(22)17-12(18-15)11-10(13(20)21)5-9(6-19)8(3)16-11/h5-7H,1-4H3,(H,20,21)(H,17,18,22). The van der Waals surface area contributed by atoms with Gasteiger partial charge in [-0.05, 0) is 25.8 Å². The number of rotatable bonds is 4. The first-order valence-electron chi connectivity index (χ1n) is 6.82. The third-order valence-corrected chi connectivity index (χ3v) is 3.99. The highest BCUT2D eigenvalue weighted by molar-refractivity contribution is 6.17. The van der Waals surface area contributed by atoms with Gasteiger partial charge in [0.25, 0.3) is 5.91 Å². The minimum absolute atomic E-state index is 0.0615. The average Bonchev–Trinajstić information content (AvgIpc) is 2.75. The van der Waals surface area contributed by atoms with Crippen LogP contribution in [0, 0.1) is 12.8 Å². The van der Waals surface area contributed by atoms with E-state index in [1.165, 1.54) is 6.07 Å². The number of aromatic nitrogens is 1. The summed E-state index contributed by atoms with van der Waals surface area (Å²) >= 11 is 0. The summed E-state index contributed by atoms with van der Waals surface area (Å²) < 4.78 is 0. The van der Waals surface area contributed by atoms with E-state index in [4.69, 9.17) is 0 Å². The van der Waals surface area contributed by atoms with Crippen molar-refractivity contribution in [3.8, 4) is 0 Å². The molecular weight excluding hydrogens is 286 g/mol. The van der Waals surface area contributed by atoms with Crippen molar-refractivity contribution >= 4 is 24.0 Å². The van der Waals surface area contributed by atoms with Crippen molar-refractivity contribution in [2.24, 2.45) is 10.9 Å². The Morgan fingerprint density at radius 2 is 2.09 bits per heavy atom. The molecule has 2 heterocycles. The van der Waals surface area contributed by atoms with Gasteiger partial charge in [0.15, 0.2) is 12.1 Å². The van der Waals surface area contributed by atoms with E-state index in [-0.39, 0.29) is 34.5 Å². The lowest BCUT2D eigenvalue weighted by atomic mass is 9.89. The molecule has 0 saturated heterocycles. The number of carbonyl (C=O) groups is 3. The second kappa shape index (κ2) is 5.32. The molecule has 7 heteroatoms. The molecule has 22 heavy (non-hydrogen) atoms. The van der Waals surface area contributed by atoms with Crippen LogP contribution in [0.1, 0.15) is 52.9 Å². The molecule has 1 unspecified atom stereocenters. The Morgan fingerprint density at radius 3 is 2.55 bits per heavy atom. The smallest absolute Gasteiger partial charge is 0.338 e. The molecule has 7 nitrogen and oxygen atoms in total. The largest absolute Gasteiger partial charge is 0.478 e. The molecule has 1 aliphatic heterocycles. The summed E-state index contributed by atoms with van der Waals surface area (Å²) in [6.45, 7) is 7.00. The van der Waals surface area contributed by atoms with Gasteiger partial charge in [-0.25, -0.2) is 14.8 Å². The third kappa shape index (κ3) is 2.38. The third-order valence-electron chi connectivity index (χ3n) is 3.99. The van der Waals surface area contributed by atoms with Crippen LogP contribution in [-0.4, -0.2) is 39.6 Å². The molecule has 0 radical (unpaired) electrons. The maximum atomic E-state index is 12.2. The predicted octanol–water partition coefficient (Wildman–Crippen LogP) is 1.19. The Kier molecular flexibility index (Phi) is 3.83. The number of nitrogens with zero attached hydrogens (tertiary/aromatic N) is 2. The summed E-state index contributed by atoms with van der Waals surface area (Å²) in [6.07, 6.45) is 0.547. The lowest BCUT2D eigenvalue weighted by molar-refractivity contribution is -0.124. The number of carbonyl (C=O) groups excluding carboxylic acids is 2. The van der Waals surface area contributed by atoms with Gasteiger partial charge >= 0.3 is 5.97 Å². The Bertz CT molecular complexity index is 709. The summed E-state index contributed by atoms with van der Waals surface area (Å²) in [4.78, 5) is 43.0. The SMILES string of the molecule is Cc1nc(C2=NC(C)(C(C)C)C(=O)N2)c(C(=O)O)cc1C=O. The minimum atomic E-state index is -1.24. The lowest BCUT2D eigenvalue weighted by Crippen LogP contribution is -2.41. The molecule has 116 valence electrons. The Hall–Kier alpha value is -2.57. The fraction of sp³-hybridized carbons (Fsp3) is 0.400. The number of amidine groups is 1. The number of nitrogens with one attached hydrogen (secondary N) is 1. The fourth-order valence-corrected chi connectivity index (χ4v) is 2.13. The molecule has 1 atom stereocenters. The van der Waals surface area contributed by atoms with Gasteiger partial charge in [0.1, 0.15) is 11.2 Å². The number of aromatic carboxylic acids is 1. The van der Waals surface area contributed by atoms with Crippen LogP contribution in [0.25, 0.3) is 0 Å². The molecular formula is C15H17N3O4. The van der Waals surface area contributed by atoms with Crippen molar-refractivity contribution in [2.75, 3.05) is 0 Å². The van der Waals surface area contributed by atoms with Gasteiger partial charge in [0, 0.05) is 11.3 Å². The number of aliphatic imine (C=N–C) groups is 1. The van der Waals surface area contributed by atoms with Crippen LogP contribution >= 0.6 is 0 Å². The van der Waals surface area contributed by atoms with E-state index in [9.17, 15) is 19.5 Å². The van der Waals surface area contributed by atoms with Crippen LogP contribution in [0.2, 0.25) is 0 Å². The molecule has 1 aromatic rings.